The van der Waals surface area contributed by atoms with Crippen molar-refractivity contribution in [1.29, 1.82) is 0 Å². The Bertz CT molecular complexity index is 841. The van der Waals surface area contributed by atoms with Gasteiger partial charge in [0.1, 0.15) is 17.2 Å². The van der Waals surface area contributed by atoms with Gasteiger partial charge < -0.3 is 14.2 Å². The number of unbranched alkanes of at least 4 members (excludes halogenated alkanes) is 10. The van der Waals surface area contributed by atoms with Crippen LogP contribution in [0.5, 0.6) is 17.2 Å². The van der Waals surface area contributed by atoms with Crippen molar-refractivity contribution < 1.29 is 19.0 Å². The molecule has 2 rings (SSSR count). The topological polar surface area (TPSA) is 44.8 Å². The Morgan fingerprint density at radius 1 is 0.778 bits per heavy atom. The third kappa shape index (κ3) is 12.8. The first-order valence-electron chi connectivity index (χ1n) is 13.9. The Hall–Kier alpha value is -2.75. The number of ether oxygens (including phenoxy) is 3. The second kappa shape index (κ2) is 18.5. The molecule has 0 aliphatic rings. The Morgan fingerprint density at radius 2 is 1.36 bits per heavy atom. The summed E-state index contributed by atoms with van der Waals surface area (Å²) in [4.78, 5) is 12.5. The zero-order valence-corrected chi connectivity index (χ0v) is 22.5. The molecule has 0 amide bonds. The Balaban J connectivity index is 1.64. The fourth-order valence-electron chi connectivity index (χ4n) is 4.05. The van der Waals surface area contributed by atoms with Gasteiger partial charge in [0.2, 0.25) is 0 Å². The number of rotatable bonds is 20. The summed E-state index contributed by atoms with van der Waals surface area (Å²) in [5, 5.41) is 0. The molecule has 0 aliphatic carbocycles. The van der Waals surface area contributed by atoms with E-state index in [1.54, 1.807) is 24.3 Å². The summed E-state index contributed by atoms with van der Waals surface area (Å²) in [6.07, 6.45) is 18.0. The third-order valence-corrected chi connectivity index (χ3v) is 6.25. The summed E-state index contributed by atoms with van der Waals surface area (Å²) >= 11 is 0. The smallest absolute Gasteiger partial charge is 0.343 e. The monoisotopic (exact) mass is 494 g/mol. The predicted molar refractivity (Wildman–Crippen MR) is 149 cm³/mol. The minimum absolute atomic E-state index is 0.174. The van der Waals surface area contributed by atoms with Gasteiger partial charge in [-0.05, 0) is 87.6 Å². The molecule has 0 radical (unpaired) electrons. The molecule has 0 N–H and O–H groups in total. The summed E-state index contributed by atoms with van der Waals surface area (Å²) in [6, 6.07) is 14.4. The predicted octanol–water partition coefficient (Wildman–Crippen LogP) is 9.33. The van der Waals surface area contributed by atoms with E-state index in [1.807, 2.05) is 30.3 Å². The van der Waals surface area contributed by atoms with Gasteiger partial charge >= 0.3 is 5.97 Å². The van der Waals surface area contributed by atoms with Gasteiger partial charge in [0.25, 0.3) is 0 Å². The number of hydrogen-bond donors (Lipinski definition) is 0. The van der Waals surface area contributed by atoms with E-state index >= 15 is 0 Å². The summed E-state index contributed by atoms with van der Waals surface area (Å²) in [6.45, 7) is 8.78. The average molecular weight is 495 g/mol. The largest absolute Gasteiger partial charge is 0.494 e. The molecule has 4 heteroatoms. The normalized spacial score (nSPS) is 11.6. The molecule has 2 aromatic rings. The van der Waals surface area contributed by atoms with Crippen molar-refractivity contribution in [3.63, 3.8) is 0 Å². The van der Waals surface area contributed by atoms with Crippen molar-refractivity contribution in [2.45, 2.75) is 103 Å². The molecule has 0 fully saturated rings. The van der Waals surface area contributed by atoms with Crippen molar-refractivity contribution in [1.82, 2.24) is 0 Å². The molecule has 0 bridgehead atoms. The van der Waals surface area contributed by atoms with E-state index in [0.29, 0.717) is 17.9 Å². The van der Waals surface area contributed by atoms with Crippen LogP contribution in [0.2, 0.25) is 0 Å². The first-order chi connectivity index (χ1) is 17.6. The molecule has 0 aromatic heterocycles. The van der Waals surface area contributed by atoms with E-state index in [-0.39, 0.29) is 12.1 Å². The minimum Gasteiger partial charge on any atom is -0.494 e. The summed E-state index contributed by atoms with van der Waals surface area (Å²) in [5.41, 5.74) is 0.500. The van der Waals surface area contributed by atoms with Crippen LogP contribution in [0.15, 0.2) is 61.2 Å². The zero-order valence-electron chi connectivity index (χ0n) is 22.5. The summed E-state index contributed by atoms with van der Waals surface area (Å²) < 4.78 is 17.3. The molecular formula is C32H46O4. The van der Waals surface area contributed by atoms with Crippen LogP contribution < -0.4 is 14.2 Å². The number of allylic oxidation sites excluding steroid dienone is 1. The lowest BCUT2D eigenvalue weighted by molar-refractivity contribution is 0.0734. The Morgan fingerprint density at radius 3 is 2.03 bits per heavy atom. The Labute approximate surface area is 219 Å². The van der Waals surface area contributed by atoms with Gasteiger partial charge in [-0.25, -0.2) is 4.79 Å². The van der Waals surface area contributed by atoms with Gasteiger partial charge in [0.05, 0.1) is 18.3 Å². The van der Waals surface area contributed by atoms with Gasteiger partial charge in [0.15, 0.2) is 0 Å². The molecular weight excluding hydrogens is 448 g/mol. The van der Waals surface area contributed by atoms with E-state index < -0.39 is 0 Å². The maximum Gasteiger partial charge on any atom is 0.343 e. The molecule has 36 heavy (non-hydrogen) atoms. The van der Waals surface area contributed by atoms with E-state index in [2.05, 4.69) is 20.4 Å². The molecule has 0 spiro atoms. The first-order valence-corrected chi connectivity index (χ1v) is 13.9. The first kappa shape index (κ1) is 29.5. The van der Waals surface area contributed by atoms with Crippen LogP contribution in [0.25, 0.3) is 0 Å². The third-order valence-electron chi connectivity index (χ3n) is 6.25. The molecule has 0 unspecified atom stereocenters. The SMILES string of the molecule is C=CCCCCCCCCCOc1ccc(C(=O)Oc2ccc(O[C@@H](C)CCCCCC)cc2)cc1. The van der Waals surface area contributed by atoms with Crippen molar-refractivity contribution in [2.75, 3.05) is 6.61 Å². The molecule has 0 aliphatic heterocycles. The van der Waals surface area contributed by atoms with Crippen LogP contribution >= 0.6 is 0 Å². The highest BCUT2D eigenvalue weighted by molar-refractivity contribution is 5.91. The second-order valence-corrected chi connectivity index (χ2v) is 9.56. The Kier molecular flexibility index (Phi) is 15.2. The highest BCUT2D eigenvalue weighted by Crippen LogP contribution is 2.22. The van der Waals surface area contributed by atoms with E-state index in [9.17, 15) is 4.79 Å². The fourth-order valence-corrected chi connectivity index (χ4v) is 4.05. The second-order valence-electron chi connectivity index (χ2n) is 9.56. The van der Waals surface area contributed by atoms with Crippen LogP contribution in [0.3, 0.4) is 0 Å². The molecule has 0 heterocycles. The highest BCUT2D eigenvalue weighted by Gasteiger charge is 2.10. The fraction of sp³-hybridized carbons (Fsp3) is 0.531. The molecule has 4 nitrogen and oxygen atoms in total. The molecule has 198 valence electrons. The van der Waals surface area contributed by atoms with Crippen molar-refractivity contribution in [3.05, 3.63) is 66.7 Å². The van der Waals surface area contributed by atoms with Crippen molar-refractivity contribution in [2.24, 2.45) is 0 Å². The zero-order chi connectivity index (χ0) is 25.8. The maximum absolute atomic E-state index is 12.5. The standard InChI is InChI=1S/C32H46O4/c1-4-6-8-10-11-12-13-14-16-26-34-29-20-18-28(19-21-29)32(33)36-31-24-22-30(23-25-31)35-27(3)17-15-9-7-5-2/h4,18-25,27H,1,5-17,26H2,2-3H3/t27-/m0/s1. The lowest BCUT2D eigenvalue weighted by Gasteiger charge is -2.15. The molecule has 2 aromatic carbocycles. The van der Waals surface area contributed by atoms with Crippen molar-refractivity contribution in [3.8, 4) is 17.2 Å². The van der Waals surface area contributed by atoms with Crippen LogP contribution in [0.4, 0.5) is 0 Å². The summed E-state index contributed by atoms with van der Waals surface area (Å²) in [5.74, 6) is 1.70. The van der Waals surface area contributed by atoms with E-state index in [1.165, 1.54) is 64.2 Å². The van der Waals surface area contributed by atoms with E-state index in [0.717, 1.165) is 30.8 Å². The lowest BCUT2D eigenvalue weighted by Crippen LogP contribution is -2.11. The maximum atomic E-state index is 12.5. The van der Waals surface area contributed by atoms with Gasteiger partial charge in [0, 0.05) is 0 Å². The number of benzene rings is 2. The quantitative estimate of drug-likeness (QED) is 0.0796. The average Bonchev–Trinajstić information content (AvgIpc) is 2.89. The molecule has 0 saturated heterocycles. The number of carbonyl (C=O) groups is 1. The van der Waals surface area contributed by atoms with Crippen LogP contribution in [-0.4, -0.2) is 18.7 Å². The molecule has 1 atom stereocenters. The van der Waals surface area contributed by atoms with Crippen LogP contribution in [0, 0.1) is 0 Å². The summed E-state index contributed by atoms with van der Waals surface area (Å²) in [7, 11) is 0. The van der Waals surface area contributed by atoms with Gasteiger partial charge in [-0.3, -0.25) is 0 Å². The van der Waals surface area contributed by atoms with Gasteiger partial charge in [-0.2, -0.15) is 0 Å². The highest BCUT2D eigenvalue weighted by atomic mass is 16.5. The minimum atomic E-state index is -0.382. The van der Waals surface area contributed by atoms with Gasteiger partial charge in [-0.15, -0.1) is 6.58 Å². The van der Waals surface area contributed by atoms with Crippen LogP contribution in [0.1, 0.15) is 108 Å². The lowest BCUT2D eigenvalue weighted by atomic mass is 10.1. The number of carbonyl (C=O) groups excluding carboxylic acids is 1. The van der Waals surface area contributed by atoms with E-state index in [4.69, 9.17) is 14.2 Å². The van der Waals surface area contributed by atoms with Crippen LogP contribution in [-0.2, 0) is 0 Å². The van der Waals surface area contributed by atoms with Crippen molar-refractivity contribution >= 4 is 5.97 Å². The number of hydrogen-bond acceptors (Lipinski definition) is 4. The number of esters is 1. The molecule has 0 saturated carbocycles. The van der Waals surface area contributed by atoms with Gasteiger partial charge in [-0.1, -0.05) is 64.4 Å².